The van der Waals surface area contributed by atoms with E-state index in [1.54, 1.807) is 24.3 Å². The fourth-order valence-electron chi connectivity index (χ4n) is 2.64. The van der Waals surface area contributed by atoms with E-state index in [4.69, 9.17) is 0 Å². The first-order valence-electron chi connectivity index (χ1n) is 7.86. The van der Waals surface area contributed by atoms with Gasteiger partial charge in [-0.2, -0.15) is 0 Å². The van der Waals surface area contributed by atoms with E-state index < -0.39 is 0 Å². The molecule has 0 saturated carbocycles. The molecule has 0 aromatic heterocycles. The second-order valence-corrected chi connectivity index (χ2v) is 6.18. The molecule has 1 atom stereocenters. The molecule has 1 unspecified atom stereocenters. The topological polar surface area (TPSA) is 61.4 Å². The van der Waals surface area contributed by atoms with Crippen molar-refractivity contribution in [3.63, 3.8) is 0 Å². The highest BCUT2D eigenvalue weighted by Gasteiger charge is 2.26. The Morgan fingerprint density at radius 3 is 2.48 bits per heavy atom. The van der Waals surface area contributed by atoms with Gasteiger partial charge in [-0.15, -0.1) is 12.4 Å². The number of carbonyl (C=O) groups excluding carboxylic acids is 2. The van der Waals surface area contributed by atoms with Gasteiger partial charge in [0.1, 0.15) is 0 Å². The van der Waals surface area contributed by atoms with E-state index in [1.165, 1.54) is 0 Å². The van der Waals surface area contributed by atoms with Crippen LogP contribution in [0.2, 0.25) is 0 Å². The first-order chi connectivity index (χ1) is 10.5. The van der Waals surface area contributed by atoms with Crippen molar-refractivity contribution in [1.82, 2.24) is 10.2 Å². The molecular weight excluding hydrogens is 314 g/mol. The van der Waals surface area contributed by atoms with Crippen LogP contribution in [0.15, 0.2) is 24.3 Å². The van der Waals surface area contributed by atoms with Crippen molar-refractivity contribution >= 4 is 29.9 Å². The molecular formula is C17H26ClN3O2. The third-order valence-electron chi connectivity index (χ3n) is 3.99. The molecule has 2 rings (SSSR count). The normalized spacial score (nSPS) is 17.0. The van der Waals surface area contributed by atoms with Crippen molar-refractivity contribution in [3.8, 4) is 0 Å². The monoisotopic (exact) mass is 339 g/mol. The number of hydrogen-bond donors (Lipinski definition) is 2. The molecule has 1 saturated heterocycles. The molecule has 6 heteroatoms. The number of halogens is 1. The highest BCUT2D eigenvalue weighted by atomic mass is 35.5. The van der Waals surface area contributed by atoms with Crippen LogP contribution in [0.5, 0.6) is 0 Å². The van der Waals surface area contributed by atoms with Crippen LogP contribution < -0.4 is 10.6 Å². The van der Waals surface area contributed by atoms with E-state index in [0.29, 0.717) is 11.5 Å². The number of likely N-dealkylation sites (tertiary alicyclic amines) is 1. The van der Waals surface area contributed by atoms with Crippen LogP contribution in [0, 0.1) is 11.8 Å². The fraction of sp³-hybridized carbons (Fsp3) is 0.529. The Balaban J connectivity index is 0.00000264. The zero-order valence-electron chi connectivity index (χ0n) is 14.0. The smallest absolute Gasteiger partial charge is 0.253 e. The summed E-state index contributed by atoms with van der Waals surface area (Å²) in [6.45, 7) is 6.27. The zero-order chi connectivity index (χ0) is 16.1. The predicted octanol–water partition coefficient (Wildman–Crippen LogP) is 2.38. The van der Waals surface area contributed by atoms with Crippen LogP contribution in [0.1, 0.15) is 30.6 Å². The number of nitrogens with zero attached hydrogens (tertiary/aromatic N) is 1. The van der Waals surface area contributed by atoms with Crippen molar-refractivity contribution in [2.45, 2.75) is 20.3 Å². The number of nitrogens with one attached hydrogen (secondary N) is 2. The van der Waals surface area contributed by atoms with Gasteiger partial charge in [-0.3, -0.25) is 9.59 Å². The lowest BCUT2D eigenvalue weighted by Crippen LogP contribution is -2.30. The second-order valence-electron chi connectivity index (χ2n) is 6.18. The Morgan fingerprint density at radius 2 is 1.91 bits per heavy atom. The molecule has 1 aromatic rings. The van der Waals surface area contributed by atoms with Crippen molar-refractivity contribution in [2.24, 2.45) is 11.8 Å². The number of anilines is 1. The first-order valence-corrected chi connectivity index (χ1v) is 7.86. The molecule has 5 nitrogen and oxygen atoms in total. The van der Waals surface area contributed by atoms with E-state index in [9.17, 15) is 9.59 Å². The van der Waals surface area contributed by atoms with Crippen molar-refractivity contribution < 1.29 is 9.59 Å². The Hall–Kier alpha value is -1.59. The number of hydrogen-bond acceptors (Lipinski definition) is 3. The largest absolute Gasteiger partial charge is 0.338 e. The first kappa shape index (κ1) is 19.5. The molecule has 1 aromatic carbocycles. The van der Waals surface area contributed by atoms with Gasteiger partial charge in [0.15, 0.2) is 0 Å². The number of benzene rings is 1. The Labute approximate surface area is 144 Å². The summed E-state index contributed by atoms with van der Waals surface area (Å²) in [6, 6.07) is 7.14. The Morgan fingerprint density at radius 1 is 1.26 bits per heavy atom. The van der Waals surface area contributed by atoms with Gasteiger partial charge in [0.2, 0.25) is 5.91 Å². The maximum absolute atomic E-state index is 12.5. The van der Waals surface area contributed by atoms with E-state index in [2.05, 4.69) is 10.6 Å². The molecule has 1 fully saturated rings. The summed E-state index contributed by atoms with van der Waals surface area (Å²) < 4.78 is 0. The van der Waals surface area contributed by atoms with Crippen LogP contribution in [-0.2, 0) is 4.79 Å². The molecule has 1 heterocycles. The highest BCUT2D eigenvalue weighted by Crippen LogP contribution is 2.19. The van der Waals surface area contributed by atoms with E-state index in [0.717, 1.165) is 31.7 Å². The van der Waals surface area contributed by atoms with E-state index in [-0.39, 0.29) is 30.1 Å². The molecule has 1 aliphatic rings. The molecule has 23 heavy (non-hydrogen) atoms. The van der Waals surface area contributed by atoms with Gasteiger partial charge in [-0.25, -0.2) is 0 Å². The summed E-state index contributed by atoms with van der Waals surface area (Å²) in [5, 5.41) is 5.99. The van der Waals surface area contributed by atoms with Crippen molar-refractivity contribution in [1.29, 1.82) is 0 Å². The summed E-state index contributed by atoms with van der Waals surface area (Å²) >= 11 is 0. The number of carbonyl (C=O) groups is 2. The van der Waals surface area contributed by atoms with Crippen LogP contribution >= 0.6 is 12.4 Å². The fourth-order valence-corrected chi connectivity index (χ4v) is 2.64. The molecule has 128 valence electrons. The van der Waals surface area contributed by atoms with Gasteiger partial charge < -0.3 is 15.5 Å². The molecule has 2 amide bonds. The van der Waals surface area contributed by atoms with Gasteiger partial charge in [-0.1, -0.05) is 13.8 Å². The van der Waals surface area contributed by atoms with Gasteiger partial charge in [-0.05, 0) is 50.2 Å². The summed E-state index contributed by atoms with van der Waals surface area (Å²) in [6.07, 6.45) is 1.05. The zero-order valence-corrected chi connectivity index (χ0v) is 14.8. The lowest BCUT2D eigenvalue weighted by Gasteiger charge is -2.17. The summed E-state index contributed by atoms with van der Waals surface area (Å²) in [4.78, 5) is 26.0. The maximum Gasteiger partial charge on any atom is 0.253 e. The van der Waals surface area contributed by atoms with Crippen LogP contribution in [0.3, 0.4) is 0 Å². The molecule has 0 spiro atoms. The van der Waals surface area contributed by atoms with Crippen LogP contribution in [0.4, 0.5) is 5.69 Å². The second kappa shape index (κ2) is 8.89. The van der Waals surface area contributed by atoms with Gasteiger partial charge in [0.05, 0.1) is 0 Å². The predicted molar refractivity (Wildman–Crippen MR) is 95.1 cm³/mol. The Kier molecular flexibility index (Phi) is 7.52. The van der Waals surface area contributed by atoms with Gasteiger partial charge in [0.25, 0.3) is 5.91 Å². The third kappa shape index (κ3) is 5.22. The molecule has 2 N–H and O–H groups in total. The Bertz CT molecular complexity index is 531. The standard InChI is InChI=1S/C17H25N3O2.ClH/c1-12(2)16(21)19-15-6-4-14(5-7-15)17(22)20-9-8-13(11-20)10-18-3;/h4-7,12-13,18H,8-11H2,1-3H3,(H,19,21);1H. The SMILES string of the molecule is CNCC1CCN(C(=O)c2ccc(NC(=O)C(C)C)cc2)C1.Cl. The minimum atomic E-state index is -0.0602. The maximum atomic E-state index is 12.5. The van der Waals surface area contributed by atoms with Gasteiger partial charge in [0, 0.05) is 30.3 Å². The van der Waals surface area contributed by atoms with Crippen molar-refractivity contribution in [2.75, 3.05) is 32.0 Å². The van der Waals surface area contributed by atoms with Crippen LogP contribution in [-0.4, -0.2) is 43.4 Å². The van der Waals surface area contributed by atoms with E-state index in [1.807, 2.05) is 25.8 Å². The van der Waals surface area contributed by atoms with Crippen molar-refractivity contribution in [3.05, 3.63) is 29.8 Å². The minimum absolute atomic E-state index is 0. The molecule has 0 aliphatic carbocycles. The summed E-state index contributed by atoms with van der Waals surface area (Å²) in [5.74, 6) is 0.530. The van der Waals surface area contributed by atoms with Gasteiger partial charge >= 0.3 is 0 Å². The molecule has 0 bridgehead atoms. The van der Waals surface area contributed by atoms with Crippen LogP contribution in [0.25, 0.3) is 0 Å². The molecule has 1 aliphatic heterocycles. The summed E-state index contributed by atoms with van der Waals surface area (Å²) in [7, 11) is 1.94. The average Bonchev–Trinajstić information content (AvgIpc) is 2.96. The quantitative estimate of drug-likeness (QED) is 0.865. The summed E-state index contributed by atoms with van der Waals surface area (Å²) in [5.41, 5.74) is 1.40. The van der Waals surface area contributed by atoms with E-state index >= 15 is 0 Å². The third-order valence-corrected chi connectivity index (χ3v) is 3.99. The highest BCUT2D eigenvalue weighted by molar-refractivity contribution is 5.96. The lowest BCUT2D eigenvalue weighted by atomic mass is 10.1. The molecule has 0 radical (unpaired) electrons. The number of amides is 2. The lowest BCUT2D eigenvalue weighted by molar-refractivity contribution is -0.118. The number of rotatable bonds is 5. The average molecular weight is 340 g/mol. The minimum Gasteiger partial charge on any atom is -0.338 e.